The van der Waals surface area contributed by atoms with Crippen LogP contribution in [0, 0.1) is 17.3 Å². The van der Waals surface area contributed by atoms with Gasteiger partial charge in [0.2, 0.25) is 0 Å². The molecule has 0 aromatic heterocycles. The Morgan fingerprint density at radius 3 is 2.00 bits per heavy atom. The molecular weight excluding hydrogens is 198 g/mol. The van der Waals surface area contributed by atoms with Crippen molar-refractivity contribution in [2.75, 3.05) is 0 Å². The van der Waals surface area contributed by atoms with Crippen molar-refractivity contribution in [3.63, 3.8) is 0 Å². The number of rotatable bonds is 1. The van der Waals surface area contributed by atoms with Gasteiger partial charge in [0.25, 0.3) is 0 Å². The first-order valence-corrected chi connectivity index (χ1v) is 6.86. The molecule has 0 aromatic rings. The fourth-order valence-corrected chi connectivity index (χ4v) is 4.96. The van der Waals surface area contributed by atoms with Crippen LogP contribution in [0.1, 0.15) is 58.8 Å². The van der Waals surface area contributed by atoms with Gasteiger partial charge in [-0.25, -0.2) is 0 Å². The Hall–Kier alpha value is -0.0800. The zero-order valence-electron chi connectivity index (χ0n) is 10.6. The lowest BCUT2D eigenvalue weighted by molar-refractivity contribution is -0.196. The second kappa shape index (κ2) is 3.02. The van der Waals surface area contributed by atoms with E-state index in [1.165, 1.54) is 25.7 Å². The van der Waals surface area contributed by atoms with E-state index in [4.69, 9.17) is 5.73 Å². The predicted octanol–water partition coefficient (Wildman–Crippen LogP) is 2.45. The van der Waals surface area contributed by atoms with Crippen LogP contribution >= 0.6 is 0 Å². The lowest BCUT2D eigenvalue weighted by atomic mass is 9.46. The van der Waals surface area contributed by atoms with Gasteiger partial charge in [-0.3, -0.25) is 0 Å². The highest BCUT2D eigenvalue weighted by Gasteiger charge is 2.63. The van der Waals surface area contributed by atoms with E-state index >= 15 is 0 Å². The summed E-state index contributed by atoms with van der Waals surface area (Å²) in [5, 5.41) is 10.8. The van der Waals surface area contributed by atoms with Gasteiger partial charge in [-0.05, 0) is 49.4 Å². The largest absolute Gasteiger partial charge is 0.388 e. The molecule has 0 amide bonds. The van der Waals surface area contributed by atoms with Crippen LogP contribution in [-0.4, -0.2) is 16.2 Å². The normalized spacial score (nSPS) is 48.8. The van der Waals surface area contributed by atoms with Crippen LogP contribution in [0.15, 0.2) is 0 Å². The number of fused-ring (bicyclic) bond motifs is 3. The molecular formula is C14H25NO. The van der Waals surface area contributed by atoms with Crippen LogP contribution in [0.2, 0.25) is 0 Å². The average molecular weight is 223 g/mol. The summed E-state index contributed by atoms with van der Waals surface area (Å²) in [7, 11) is 0. The Morgan fingerprint density at radius 2 is 1.62 bits per heavy atom. The maximum absolute atomic E-state index is 10.8. The first-order valence-electron chi connectivity index (χ1n) is 6.86. The van der Waals surface area contributed by atoms with E-state index in [9.17, 15) is 5.11 Å². The van der Waals surface area contributed by atoms with Gasteiger partial charge >= 0.3 is 0 Å². The number of aliphatic hydroxyl groups is 1. The molecule has 4 saturated carbocycles. The Kier molecular flexibility index (Phi) is 2.09. The molecule has 4 fully saturated rings. The highest BCUT2D eigenvalue weighted by molar-refractivity contribution is 5.18. The van der Waals surface area contributed by atoms with Gasteiger partial charge in [0.05, 0.1) is 5.60 Å². The van der Waals surface area contributed by atoms with Crippen LogP contribution in [0.3, 0.4) is 0 Å². The number of hydrogen-bond acceptors (Lipinski definition) is 2. The van der Waals surface area contributed by atoms with E-state index in [2.05, 4.69) is 13.8 Å². The highest BCUT2D eigenvalue weighted by atomic mass is 16.3. The third-order valence-electron chi connectivity index (χ3n) is 5.61. The molecule has 1 unspecified atom stereocenters. The van der Waals surface area contributed by atoms with E-state index in [1.54, 1.807) is 0 Å². The van der Waals surface area contributed by atoms with Crippen LogP contribution in [0.5, 0.6) is 0 Å². The summed E-state index contributed by atoms with van der Waals surface area (Å²) < 4.78 is 0. The zero-order chi connectivity index (χ0) is 11.6. The fourth-order valence-electron chi connectivity index (χ4n) is 4.96. The van der Waals surface area contributed by atoms with Gasteiger partial charge in [-0.2, -0.15) is 0 Å². The quantitative estimate of drug-likeness (QED) is 0.717. The van der Waals surface area contributed by atoms with Gasteiger partial charge in [0, 0.05) is 5.54 Å². The molecule has 2 heteroatoms. The molecule has 4 aliphatic rings. The fraction of sp³-hybridized carbons (Fsp3) is 1.00. The van der Waals surface area contributed by atoms with E-state index in [0.29, 0.717) is 11.3 Å². The summed E-state index contributed by atoms with van der Waals surface area (Å²) in [6.45, 7) is 4.48. The number of nitrogens with two attached hydrogens (primary N) is 1. The molecule has 4 aliphatic carbocycles. The molecule has 0 spiro atoms. The minimum absolute atomic E-state index is 0.260. The molecule has 1 atom stereocenters. The molecule has 92 valence electrons. The topological polar surface area (TPSA) is 46.2 Å². The van der Waals surface area contributed by atoms with Gasteiger partial charge in [-0.15, -0.1) is 0 Å². The minimum Gasteiger partial charge on any atom is -0.388 e. The summed E-state index contributed by atoms with van der Waals surface area (Å²) in [6, 6.07) is 0. The van der Waals surface area contributed by atoms with Crippen molar-refractivity contribution in [1.82, 2.24) is 0 Å². The monoisotopic (exact) mass is 223 g/mol. The van der Waals surface area contributed by atoms with Crippen molar-refractivity contribution in [1.29, 1.82) is 0 Å². The average Bonchev–Trinajstić information content (AvgIpc) is 2.15. The van der Waals surface area contributed by atoms with E-state index in [-0.39, 0.29) is 5.54 Å². The third kappa shape index (κ3) is 1.32. The number of hydrogen-bond donors (Lipinski definition) is 2. The van der Waals surface area contributed by atoms with Crippen molar-refractivity contribution in [3.05, 3.63) is 0 Å². The molecule has 0 radical (unpaired) electrons. The Morgan fingerprint density at radius 1 is 1.06 bits per heavy atom. The SMILES string of the molecule is CC1(C)CC(O)(C2(N)CC3CCC2CC3)C1. The van der Waals surface area contributed by atoms with Gasteiger partial charge in [-0.1, -0.05) is 26.7 Å². The Balaban J connectivity index is 1.84. The van der Waals surface area contributed by atoms with Crippen molar-refractivity contribution < 1.29 is 5.11 Å². The van der Waals surface area contributed by atoms with Gasteiger partial charge < -0.3 is 10.8 Å². The molecule has 2 nitrogen and oxygen atoms in total. The van der Waals surface area contributed by atoms with Crippen molar-refractivity contribution >= 4 is 0 Å². The van der Waals surface area contributed by atoms with Crippen LogP contribution < -0.4 is 5.73 Å². The van der Waals surface area contributed by atoms with Crippen LogP contribution in [0.25, 0.3) is 0 Å². The minimum atomic E-state index is -0.555. The summed E-state index contributed by atoms with van der Waals surface area (Å²) in [5.74, 6) is 1.38. The van der Waals surface area contributed by atoms with Crippen molar-refractivity contribution in [3.8, 4) is 0 Å². The molecule has 3 N–H and O–H groups in total. The van der Waals surface area contributed by atoms with E-state index in [1.807, 2.05) is 0 Å². The third-order valence-corrected chi connectivity index (χ3v) is 5.61. The van der Waals surface area contributed by atoms with Gasteiger partial charge in [0.15, 0.2) is 0 Å². The molecule has 0 aliphatic heterocycles. The van der Waals surface area contributed by atoms with Gasteiger partial charge in [0.1, 0.15) is 0 Å². The van der Waals surface area contributed by atoms with E-state index in [0.717, 1.165) is 25.2 Å². The lowest BCUT2D eigenvalue weighted by Crippen LogP contribution is -2.73. The maximum atomic E-state index is 10.8. The summed E-state index contributed by atoms with van der Waals surface area (Å²) in [6.07, 6.45) is 8.09. The molecule has 2 bridgehead atoms. The second-order valence-corrected chi connectivity index (χ2v) is 7.51. The Labute approximate surface area is 98.6 Å². The van der Waals surface area contributed by atoms with Crippen molar-refractivity contribution in [2.24, 2.45) is 23.0 Å². The molecule has 0 heterocycles. The predicted molar refractivity (Wildman–Crippen MR) is 64.9 cm³/mol. The second-order valence-electron chi connectivity index (χ2n) is 7.51. The first-order chi connectivity index (χ1) is 7.35. The lowest BCUT2D eigenvalue weighted by Gasteiger charge is -2.64. The summed E-state index contributed by atoms with van der Waals surface area (Å²) >= 11 is 0. The summed E-state index contributed by atoms with van der Waals surface area (Å²) in [4.78, 5) is 0. The standard InChI is InChI=1S/C14H25NO/c1-12(2)8-13(16,9-12)14(15)7-10-3-5-11(14)6-4-10/h10-11,16H,3-9,15H2,1-2H3. The Bertz CT molecular complexity index is 296. The molecule has 0 aromatic carbocycles. The smallest absolute Gasteiger partial charge is 0.0839 e. The van der Waals surface area contributed by atoms with Crippen LogP contribution in [-0.2, 0) is 0 Å². The zero-order valence-corrected chi connectivity index (χ0v) is 10.6. The van der Waals surface area contributed by atoms with Crippen molar-refractivity contribution in [2.45, 2.75) is 69.9 Å². The molecule has 4 rings (SSSR count). The summed E-state index contributed by atoms with van der Waals surface area (Å²) in [5.41, 5.74) is 6.14. The van der Waals surface area contributed by atoms with E-state index < -0.39 is 5.60 Å². The van der Waals surface area contributed by atoms with Crippen LogP contribution in [0.4, 0.5) is 0 Å². The molecule has 0 saturated heterocycles. The highest BCUT2D eigenvalue weighted by Crippen LogP contribution is 2.60. The first kappa shape index (κ1) is 11.0. The molecule has 16 heavy (non-hydrogen) atoms. The maximum Gasteiger partial charge on any atom is 0.0839 e.